The maximum Gasteiger partial charge on any atom is 0.269 e. The highest BCUT2D eigenvalue weighted by molar-refractivity contribution is 9.10. The van der Waals surface area contributed by atoms with Crippen molar-refractivity contribution in [1.29, 1.82) is 0 Å². The molecule has 0 unspecified atom stereocenters. The third-order valence-corrected chi connectivity index (χ3v) is 5.08. The number of hydrogen-bond donors (Lipinski definition) is 0. The summed E-state index contributed by atoms with van der Waals surface area (Å²) in [5.41, 5.74) is 1.84. The zero-order valence-corrected chi connectivity index (χ0v) is 15.9. The Morgan fingerprint density at radius 3 is 2.52 bits per heavy atom. The van der Waals surface area contributed by atoms with Gasteiger partial charge in [0.25, 0.3) is 5.69 Å². The highest BCUT2D eigenvalue weighted by Gasteiger charge is 2.19. The molecule has 0 aromatic heterocycles. The minimum absolute atomic E-state index is 0.0725. The van der Waals surface area contributed by atoms with E-state index < -0.39 is 4.92 Å². The molecule has 25 heavy (non-hydrogen) atoms. The van der Waals surface area contributed by atoms with E-state index in [0.717, 1.165) is 52.3 Å². The second-order valence-electron chi connectivity index (χ2n) is 5.85. The molecule has 3 rings (SSSR count). The van der Waals surface area contributed by atoms with Crippen molar-refractivity contribution in [2.45, 2.75) is 19.4 Å². The zero-order chi connectivity index (χ0) is 17.8. The van der Waals surface area contributed by atoms with Crippen LogP contribution in [0.5, 0.6) is 5.75 Å². The fraction of sp³-hybridized carbons (Fsp3) is 0.278. The van der Waals surface area contributed by atoms with Crippen LogP contribution in [0.4, 0.5) is 5.69 Å². The lowest BCUT2D eigenvalue weighted by Crippen LogP contribution is -2.27. The van der Waals surface area contributed by atoms with E-state index in [1.165, 1.54) is 12.1 Å². The molecule has 1 aliphatic rings. The van der Waals surface area contributed by atoms with Crippen molar-refractivity contribution >= 4 is 38.8 Å². The molecule has 1 heterocycles. The topological polar surface area (TPSA) is 55.6 Å². The fourth-order valence-electron chi connectivity index (χ4n) is 2.76. The van der Waals surface area contributed by atoms with Crippen LogP contribution in [0.1, 0.15) is 24.0 Å². The Kier molecular flexibility index (Phi) is 5.65. The third-order valence-electron chi connectivity index (χ3n) is 4.11. The van der Waals surface area contributed by atoms with Gasteiger partial charge >= 0.3 is 0 Å². The number of likely N-dealkylation sites (tertiary alicyclic amines) is 1. The Balaban J connectivity index is 1.75. The van der Waals surface area contributed by atoms with Gasteiger partial charge in [-0.05, 0) is 48.7 Å². The number of rotatable bonds is 5. The molecule has 0 amide bonds. The van der Waals surface area contributed by atoms with Crippen LogP contribution < -0.4 is 4.74 Å². The van der Waals surface area contributed by atoms with E-state index in [0.29, 0.717) is 6.61 Å². The second kappa shape index (κ2) is 7.93. The third kappa shape index (κ3) is 4.35. The zero-order valence-electron chi connectivity index (χ0n) is 13.5. The Morgan fingerprint density at radius 1 is 1.20 bits per heavy atom. The number of nitro groups is 1. The summed E-state index contributed by atoms with van der Waals surface area (Å²) >= 11 is 9.15. The van der Waals surface area contributed by atoms with Gasteiger partial charge in [-0.25, -0.2) is 0 Å². The predicted molar refractivity (Wildman–Crippen MR) is 104 cm³/mol. The van der Waals surface area contributed by atoms with Crippen molar-refractivity contribution in [3.63, 3.8) is 0 Å². The van der Waals surface area contributed by atoms with Crippen molar-refractivity contribution in [3.8, 4) is 5.75 Å². The molecule has 1 saturated heterocycles. The number of hydrogen-bond acceptors (Lipinski definition) is 4. The molecule has 1 fully saturated rings. The largest absolute Gasteiger partial charge is 0.488 e. The van der Waals surface area contributed by atoms with Crippen molar-refractivity contribution in [2.75, 3.05) is 13.1 Å². The fourth-order valence-corrected chi connectivity index (χ4v) is 3.46. The maximum atomic E-state index is 10.7. The summed E-state index contributed by atoms with van der Waals surface area (Å²) in [6, 6.07) is 12.2. The molecule has 0 radical (unpaired) electrons. The van der Waals surface area contributed by atoms with E-state index in [1.807, 2.05) is 18.2 Å². The monoisotopic (exact) mass is 420 g/mol. The van der Waals surface area contributed by atoms with Gasteiger partial charge in [0.2, 0.25) is 0 Å². The number of benzene rings is 2. The Hall–Kier alpha value is -1.99. The maximum absolute atomic E-state index is 10.7. The minimum atomic E-state index is -0.411. The highest BCUT2D eigenvalue weighted by Crippen LogP contribution is 2.27. The lowest BCUT2D eigenvalue weighted by Gasteiger charge is -2.21. The van der Waals surface area contributed by atoms with Crippen LogP contribution >= 0.6 is 28.1 Å². The van der Waals surface area contributed by atoms with E-state index >= 15 is 0 Å². The molecule has 0 saturated carbocycles. The first-order valence-corrected chi connectivity index (χ1v) is 9.19. The average Bonchev–Trinajstić information content (AvgIpc) is 3.15. The SMILES string of the molecule is O=[N+]([O-])c1ccc(COc2ccc(Br)cc2C(=S)N2CCCC2)cc1. The van der Waals surface area contributed by atoms with Gasteiger partial charge in [-0.15, -0.1) is 0 Å². The molecule has 0 atom stereocenters. The summed E-state index contributed by atoms with van der Waals surface area (Å²) in [6.07, 6.45) is 2.32. The number of nitrogens with zero attached hydrogens (tertiary/aromatic N) is 2. The molecule has 5 nitrogen and oxygen atoms in total. The highest BCUT2D eigenvalue weighted by atomic mass is 79.9. The normalized spacial score (nSPS) is 13.7. The van der Waals surface area contributed by atoms with Gasteiger partial charge in [-0.1, -0.05) is 28.1 Å². The van der Waals surface area contributed by atoms with Crippen LogP contribution in [-0.2, 0) is 6.61 Å². The van der Waals surface area contributed by atoms with Crippen molar-refractivity contribution in [3.05, 3.63) is 68.2 Å². The van der Waals surface area contributed by atoms with Gasteiger partial charge in [-0.3, -0.25) is 10.1 Å². The Morgan fingerprint density at radius 2 is 1.88 bits per heavy atom. The quantitative estimate of drug-likeness (QED) is 0.398. The smallest absolute Gasteiger partial charge is 0.269 e. The molecule has 2 aromatic carbocycles. The van der Waals surface area contributed by atoms with Gasteiger partial charge in [0, 0.05) is 29.7 Å². The van der Waals surface area contributed by atoms with Gasteiger partial charge in [-0.2, -0.15) is 0 Å². The first-order valence-electron chi connectivity index (χ1n) is 7.99. The summed E-state index contributed by atoms with van der Waals surface area (Å²) in [5, 5.41) is 10.7. The van der Waals surface area contributed by atoms with Crippen LogP contribution in [0.2, 0.25) is 0 Å². The molecule has 2 aromatic rings. The molecule has 7 heteroatoms. The molecule has 1 aliphatic heterocycles. The van der Waals surface area contributed by atoms with Crippen LogP contribution in [-0.4, -0.2) is 27.9 Å². The van der Waals surface area contributed by atoms with Gasteiger partial charge in [0.15, 0.2) is 0 Å². The van der Waals surface area contributed by atoms with Crippen LogP contribution in [0.15, 0.2) is 46.9 Å². The first-order chi connectivity index (χ1) is 12.0. The van der Waals surface area contributed by atoms with E-state index in [9.17, 15) is 10.1 Å². The van der Waals surface area contributed by atoms with Gasteiger partial charge in [0.1, 0.15) is 17.3 Å². The lowest BCUT2D eigenvalue weighted by atomic mass is 10.2. The van der Waals surface area contributed by atoms with E-state index in [2.05, 4.69) is 20.8 Å². The lowest BCUT2D eigenvalue weighted by molar-refractivity contribution is -0.384. The number of nitro benzene ring substituents is 1. The van der Waals surface area contributed by atoms with E-state index in [4.69, 9.17) is 17.0 Å². The number of halogens is 1. The first kappa shape index (κ1) is 17.8. The summed E-state index contributed by atoms with van der Waals surface area (Å²) in [7, 11) is 0. The molecule has 0 spiro atoms. The standard InChI is InChI=1S/C18H17BrN2O3S/c19-14-5-8-17(16(11-14)18(25)20-9-1-2-10-20)24-12-13-3-6-15(7-4-13)21(22)23/h3-8,11H,1-2,9-10,12H2. The van der Waals surface area contributed by atoms with Crippen molar-refractivity contribution in [1.82, 2.24) is 4.90 Å². The molecular weight excluding hydrogens is 404 g/mol. The number of ether oxygens (including phenoxy) is 1. The average molecular weight is 421 g/mol. The van der Waals surface area contributed by atoms with Gasteiger partial charge < -0.3 is 9.64 Å². The summed E-state index contributed by atoms with van der Waals surface area (Å²) < 4.78 is 6.91. The summed E-state index contributed by atoms with van der Waals surface area (Å²) in [6.45, 7) is 2.29. The molecular formula is C18H17BrN2O3S. The van der Waals surface area contributed by atoms with E-state index in [-0.39, 0.29) is 5.69 Å². The van der Waals surface area contributed by atoms with Crippen molar-refractivity contribution in [2.24, 2.45) is 0 Å². The predicted octanol–water partition coefficient (Wildman–Crippen LogP) is 4.71. The van der Waals surface area contributed by atoms with Gasteiger partial charge in [0.05, 0.1) is 10.5 Å². The second-order valence-corrected chi connectivity index (χ2v) is 7.15. The van der Waals surface area contributed by atoms with Crippen molar-refractivity contribution < 1.29 is 9.66 Å². The molecule has 0 N–H and O–H groups in total. The Bertz CT molecular complexity index is 789. The molecule has 0 bridgehead atoms. The van der Waals surface area contributed by atoms with Crippen LogP contribution in [0, 0.1) is 10.1 Å². The minimum Gasteiger partial charge on any atom is -0.488 e. The summed E-state index contributed by atoms with van der Waals surface area (Å²) in [4.78, 5) is 13.3. The van der Waals surface area contributed by atoms with E-state index in [1.54, 1.807) is 12.1 Å². The number of thiocarbonyl (C=S) groups is 1. The Labute approximate surface area is 159 Å². The van der Waals surface area contributed by atoms with Crippen LogP contribution in [0.25, 0.3) is 0 Å². The summed E-state index contributed by atoms with van der Waals surface area (Å²) in [5.74, 6) is 0.721. The number of non-ortho nitro benzene ring substituents is 1. The molecule has 0 aliphatic carbocycles. The van der Waals surface area contributed by atoms with Crippen LogP contribution in [0.3, 0.4) is 0 Å². The molecule has 130 valence electrons.